The third kappa shape index (κ3) is 3.84. The van der Waals surface area contributed by atoms with E-state index in [-0.39, 0.29) is 5.91 Å². The fourth-order valence-electron chi connectivity index (χ4n) is 3.22. The lowest BCUT2D eigenvalue weighted by molar-refractivity contribution is 0.0984. The summed E-state index contributed by atoms with van der Waals surface area (Å²) in [6.07, 6.45) is 3.47. The summed E-state index contributed by atoms with van der Waals surface area (Å²) in [5, 5.41) is 0.642. The first-order chi connectivity index (χ1) is 14.6. The van der Waals surface area contributed by atoms with E-state index in [4.69, 9.17) is 14.5 Å². The Balaban J connectivity index is 1.78. The third-order valence-electron chi connectivity index (χ3n) is 4.78. The topological polar surface area (TPSA) is 64.5 Å². The monoisotopic (exact) mass is 419 g/mol. The minimum Gasteiger partial charge on any atom is -0.493 e. The Morgan fingerprint density at radius 1 is 1.07 bits per heavy atom. The van der Waals surface area contributed by atoms with Crippen LogP contribution in [0.4, 0.5) is 5.13 Å². The molecule has 0 aliphatic rings. The molecule has 7 heteroatoms. The van der Waals surface area contributed by atoms with Crippen LogP contribution in [0.3, 0.4) is 0 Å². The van der Waals surface area contributed by atoms with Gasteiger partial charge < -0.3 is 9.47 Å². The fraction of sp³-hybridized carbons (Fsp3) is 0.174. The van der Waals surface area contributed by atoms with Crippen LogP contribution < -0.4 is 14.4 Å². The summed E-state index contributed by atoms with van der Waals surface area (Å²) in [6, 6.07) is 15.0. The summed E-state index contributed by atoms with van der Waals surface area (Å²) in [6.45, 7) is 2.38. The fourth-order valence-corrected chi connectivity index (χ4v) is 4.26. The zero-order valence-electron chi connectivity index (χ0n) is 17.0. The number of fused-ring (bicyclic) bond motifs is 1. The minimum atomic E-state index is -0.170. The van der Waals surface area contributed by atoms with Gasteiger partial charge in [-0.05, 0) is 48.4 Å². The molecule has 30 heavy (non-hydrogen) atoms. The second-order valence-electron chi connectivity index (χ2n) is 6.74. The largest absolute Gasteiger partial charge is 0.493 e. The molecule has 0 bridgehead atoms. The third-order valence-corrected chi connectivity index (χ3v) is 5.82. The van der Waals surface area contributed by atoms with Crippen LogP contribution in [0.25, 0.3) is 10.2 Å². The van der Waals surface area contributed by atoms with Crippen molar-refractivity contribution in [3.05, 3.63) is 77.6 Å². The molecule has 0 spiro atoms. The number of thiazole rings is 1. The Bertz CT molecular complexity index is 1190. The second-order valence-corrected chi connectivity index (χ2v) is 7.75. The van der Waals surface area contributed by atoms with E-state index in [2.05, 4.69) is 4.98 Å². The van der Waals surface area contributed by atoms with Crippen molar-refractivity contribution in [3.8, 4) is 11.5 Å². The molecule has 0 fully saturated rings. The maximum atomic E-state index is 13.6. The smallest absolute Gasteiger partial charge is 0.260 e. The molecule has 0 atom stereocenters. The minimum absolute atomic E-state index is 0.170. The lowest BCUT2D eigenvalue weighted by Gasteiger charge is -2.20. The number of aryl methyl sites for hydroxylation is 1. The molecule has 0 N–H and O–H groups in total. The molecular formula is C23H21N3O3S. The molecule has 2 aromatic heterocycles. The first kappa shape index (κ1) is 19.8. The molecular weight excluding hydrogens is 398 g/mol. The number of methoxy groups -OCH3 is 2. The number of anilines is 1. The highest BCUT2D eigenvalue weighted by molar-refractivity contribution is 7.22. The Kier molecular flexibility index (Phi) is 5.63. The van der Waals surface area contributed by atoms with Gasteiger partial charge in [0.2, 0.25) is 0 Å². The first-order valence-electron chi connectivity index (χ1n) is 9.39. The van der Waals surface area contributed by atoms with E-state index in [9.17, 15) is 4.79 Å². The zero-order valence-corrected chi connectivity index (χ0v) is 17.8. The number of para-hydroxylation sites is 1. The molecule has 6 nitrogen and oxygen atoms in total. The summed E-state index contributed by atoms with van der Waals surface area (Å²) >= 11 is 1.50. The van der Waals surface area contributed by atoms with Crippen LogP contribution in [0.15, 0.2) is 60.9 Å². The first-order valence-corrected chi connectivity index (χ1v) is 10.2. The summed E-state index contributed by atoms with van der Waals surface area (Å²) in [7, 11) is 3.12. The number of benzene rings is 2. The molecule has 1 amide bonds. The van der Waals surface area contributed by atoms with Crippen LogP contribution >= 0.6 is 11.3 Å². The number of carbonyl (C=O) groups is 1. The number of nitrogens with zero attached hydrogens (tertiary/aromatic N) is 3. The van der Waals surface area contributed by atoms with Crippen LogP contribution in [0.2, 0.25) is 0 Å². The lowest BCUT2D eigenvalue weighted by atomic mass is 10.1. The van der Waals surface area contributed by atoms with Gasteiger partial charge in [0, 0.05) is 18.0 Å². The molecule has 2 heterocycles. The van der Waals surface area contributed by atoms with Crippen LogP contribution in [-0.4, -0.2) is 30.1 Å². The maximum Gasteiger partial charge on any atom is 0.260 e. The van der Waals surface area contributed by atoms with Gasteiger partial charge in [0.1, 0.15) is 0 Å². The van der Waals surface area contributed by atoms with Gasteiger partial charge in [-0.2, -0.15) is 0 Å². The molecule has 152 valence electrons. The molecule has 2 aromatic carbocycles. The molecule has 4 rings (SSSR count). The Labute approximate surface area is 178 Å². The van der Waals surface area contributed by atoms with E-state index >= 15 is 0 Å². The number of hydrogen-bond donors (Lipinski definition) is 0. The van der Waals surface area contributed by atoms with E-state index in [1.54, 1.807) is 49.7 Å². The highest BCUT2D eigenvalue weighted by Gasteiger charge is 2.23. The average Bonchev–Trinajstić information content (AvgIpc) is 3.22. The molecule has 0 aliphatic heterocycles. The average molecular weight is 420 g/mol. The molecule has 0 saturated heterocycles. The van der Waals surface area contributed by atoms with Crippen molar-refractivity contribution in [1.82, 2.24) is 9.97 Å². The van der Waals surface area contributed by atoms with Crippen LogP contribution in [-0.2, 0) is 6.54 Å². The van der Waals surface area contributed by atoms with Gasteiger partial charge in [-0.15, -0.1) is 0 Å². The SMILES string of the molecule is COc1ccc(C(=O)N(Cc2cccnc2)c2nc3c(C)cccc3s2)cc1OC. The van der Waals surface area contributed by atoms with E-state index in [1.165, 1.54) is 11.3 Å². The maximum absolute atomic E-state index is 13.6. The summed E-state index contributed by atoms with van der Waals surface area (Å²) in [4.78, 5) is 24.2. The van der Waals surface area contributed by atoms with Gasteiger partial charge in [-0.3, -0.25) is 14.7 Å². The zero-order chi connectivity index (χ0) is 21.1. The van der Waals surface area contributed by atoms with Crippen molar-refractivity contribution in [3.63, 3.8) is 0 Å². The number of carbonyl (C=O) groups excluding carboxylic acids is 1. The predicted molar refractivity (Wildman–Crippen MR) is 119 cm³/mol. The van der Waals surface area contributed by atoms with E-state index in [1.807, 2.05) is 37.3 Å². The highest BCUT2D eigenvalue weighted by atomic mass is 32.1. The molecule has 0 aliphatic carbocycles. The van der Waals surface area contributed by atoms with E-state index < -0.39 is 0 Å². The molecule has 0 unspecified atom stereocenters. The van der Waals surface area contributed by atoms with Crippen molar-refractivity contribution < 1.29 is 14.3 Å². The normalized spacial score (nSPS) is 10.8. The number of pyridine rings is 1. The number of amides is 1. The molecule has 0 radical (unpaired) electrons. The lowest BCUT2D eigenvalue weighted by Crippen LogP contribution is -2.30. The van der Waals surface area contributed by atoms with Crippen LogP contribution in [0.1, 0.15) is 21.5 Å². The van der Waals surface area contributed by atoms with Gasteiger partial charge in [0.05, 0.1) is 31.0 Å². The van der Waals surface area contributed by atoms with Crippen LogP contribution in [0.5, 0.6) is 11.5 Å². The van der Waals surface area contributed by atoms with Gasteiger partial charge in [-0.25, -0.2) is 4.98 Å². The van der Waals surface area contributed by atoms with Crippen molar-refractivity contribution >= 4 is 32.6 Å². The van der Waals surface area contributed by atoms with Crippen molar-refractivity contribution in [1.29, 1.82) is 0 Å². The molecule has 0 saturated carbocycles. The van der Waals surface area contributed by atoms with Crippen molar-refractivity contribution in [2.45, 2.75) is 13.5 Å². The van der Waals surface area contributed by atoms with E-state index in [0.717, 1.165) is 21.3 Å². The Hall–Kier alpha value is -3.45. The summed E-state index contributed by atoms with van der Waals surface area (Å²) < 4.78 is 11.7. The summed E-state index contributed by atoms with van der Waals surface area (Å²) in [5.41, 5.74) is 3.40. The van der Waals surface area contributed by atoms with Crippen molar-refractivity contribution in [2.24, 2.45) is 0 Å². The highest BCUT2D eigenvalue weighted by Crippen LogP contribution is 2.33. The van der Waals surface area contributed by atoms with Gasteiger partial charge in [-0.1, -0.05) is 29.5 Å². The second kappa shape index (κ2) is 8.51. The Morgan fingerprint density at radius 3 is 2.60 bits per heavy atom. The number of aromatic nitrogens is 2. The number of ether oxygens (including phenoxy) is 2. The number of rotatable bonds is 6. The molecule has 4 aromatic rings. The Morgan fingerprint density at radius 2 is 1.90 bits per heavy atom. The predicted octanol–water partition coefficient (Wildman–Crippen LogP) is 4.86. The van der Waals surface area contributed by atoms with Crippen LogP contribution in [0, 0.1) is 6.92 Å². The van der Waals surface area contributed by atoms with Gasteiger partial charge >= 0.3 is 0 Å². The quantitative estimate of drug-likeness (QED) is 0.446. The number of hydrogen-bond acceptors (Lipinski definition) is 6. The van der Waals surface area contributed by atoms with E-state index in [0.29, 0.717) is 28.7 Å². The summed E-state index contributed by atoms with van der Waals surface area (Å²) in [5.74, 6) is 0.907. The van der Waals surface area contributed by atoms with Gasteiger partial charge in [0.25, 0.3) is 5.91 Å². The standard InChI is InChI=1S/C23H21N3O3S/c1-15-6-4-8-20-21(15)25-23(30-20)26(14-16-7-5-11-24-13-16)22(27)17-9-10-18(28-2)19(12-17)29-3/h4-13H,14H2,1-3H3. The van der Waals surface area contributed by atoms with Crippen molar-refractivity contribution in [2.75, 3.05) is 19.1 Å². The van der Waals surface area contributed by atoms with Gasteiger partial charge in [0.15, 0.2) is 16.6 Å².